The Balaban J connectivity index is 4.26. The highest BCUT2D eigenvalue weighted by Gasteiger charge is 2.15. The lowest BCUT2D eigenvalue weighted by Gasteiger charge is -2.11. The summed E-state index contributed by atoms with van der Waals surface area (Å²) in [6, 6.07) is 0. The normalized spacial score (nSPS) is 11.8. The van der Waals surface area contributed by atoms with Gasteiger partial charge in [-0.05, 0) is 0 Å². The first-order valence-corrected chi connectivity index (χ1v) is 6.42. The Hall–Kier alpha value is -0.260. The Labute approximate surface area is 79.2 Å². The second-order valence-corrected chi connectivity index (χ2v) is 6.01. The van der Waals surface area contributed by atoms with Gasteiger partial charge in [0.1, 0.15) is 0 Å². The lowest BCUT2D eigenvalue weighted by Crippen LogP contribution is -1.94. The quantitative estimate of drug-likeness (QED) is 0.478. The van der Waals surface area contributed by atoms with Gasteiger partial charge in [-0.3, -0.25) is 0 Å². The van der Waals surface area contributed by atoms with E-state index in [0.29, 0.717) is 18.5 Å². The molecule has 1 nitrogen and oxygen atoms in total. The average Bonchev–Trinajstić information content (AvgIpc) is 2.02. The predicted molar refractivity (Wildman–Crippen MR) is 57.6 cm³/mol. The average molecular weight is 205 g/mol. The fourth-order valence-corrected chi connectivity index (χ4v) is 3.02. The van der Waals surface area contributed by atoms with Crippen LogP contribution in [0.25, 0.3) is 0 Å². The minimum absolute atomic E-state index is 0.536. The topological polar surface area (TPSA) is 17.1 Å². The van der Waals surface area contributed by atoms with Crippen LogP contribution in [0.1, 0.15) is 0 Å². The number of halogens is 1. The number of hydrogen-bond donors (Lipinski definition) is 0. The van der Waals surface area contributed by atoms with Crippen molar-refractivity contribution < 1.29 is 4.57 Å². The maximum absolute atomic E-state index is 11.9. The largest absolute Gasteiger partial charge is 0.323 e. The summed E-state index contributed by atoms with van der Waals surface area (Å²) in [6.07, 6.45) is 6.74. The molecule has 68 valence electrons. The van der Waals surface area contributed by atoms with E-state index in [0.717, 1.165) is 0 Å². The molecule has 0 fully saturated rings. The third-order valence-corrected chi connectivity index (χ3v) is 4.35. The molecule has 0 aliphatic carbocycles. The van der Waals surface area contributed by atoms with E-state index in [1.807, 2.05) is 0 Å². The van der Waals surface area contributed by atoms with E-state index >= 15 is 0 Å². The minimum Gasteiger partial charge on any atom is -0.323 e. The molecule has 0 aliphatic rings. The highest BCUT2D eigenvalue weighted by molar-refractivity contribution is 7.64. The van der Waals surface area contributed by atoms with Gasteiger partial charge in [0.2, 0.25) is 0 Å². The van der Waals surface area contributed by atoms with Crippen molar-refractivity contribution in [3.8, 4) is 0 Å². The molecule has 0 spiro atoms. The summed E-state index contributed by atoms with van der Waals surface area (Å²) in [4.78, 5) is 0. The van der Waals surface area contributed by atoms with E-state index in [1.54, 1.807) is 18.2 Å². The Morgan fingerprint density at radius 1 is 1.17 bits per heavy atom. The van der Waals surface area contributed by atoms with Crippen LogP contribution in [0.15, 0.2) is 36.9 Å². The van der Waals surface area contributed by atoms with E-state index < -0.39 is 7.14 Å². The molecular weight excluding hydrogens is 191 g/mol. The molecular formula is C9H14ClOP. The number of rotatable bonds is 6. The van der Waals surface area contributed by atoms with Gasteiger partial charge < -0.3 is 4.57 Å². The van der Waals surface area contributed by atoms with Crippen LogP contribution >= 0.6 is 18.7 Å². The van der Waals surface area contributed by atoms with Crippen LogP contribution in [0, 0.1) is 0 Å². The first-order valence-electron chi connectivity index (χ1n) is 3.72. The van der Waals surface area contributed by atoms with E-state index in [1.165, 1.54) is 5.54 Å². The molecule has 0 bridgehead atoms. The number of allylic oxidation sites excluding steroid dienone is 3. The highest BCUT2D eigenvalue weighted by atomic mass is 35.5. The first kappa shape index (κ1) is 11.7. The van der Waals surface area contributed by atoms with Gasteiger partial charge in [0, 0.05) is 24.0 Å². The van der Waals surface area contributed by atoms with Crippen molar-refractivity contribution in [1.29, 1.82) is 0 Å². The van der Waals surface area contributed by atoms with Gasteiger partial charge in [-0.25, -0.2) is 0 Å². The minimum atomic E-state index is -2.14. The summed E-state index contributed by atoms with van der Waals surface area (Å²) in [6.45, 7) is 7.14. The summed E-state index contributed by atoms with van der Waals surface area (Å²) < 4.78 is 11.9. The molecule has 3 heteroatoms. The van der Waals surface area contributed by atoms with Gasteiger partial charge in [-0.15, -0.1) is 13.2 Å². The van der Waals surface area contributed by atoms with Crippen molar-refractivity contribution in [2.45, 2.75) is 0 Å². The summed E-state index contributed by atoms with van der Waals surface area (Å²) >= 11 is 5.35. The molecule has 0 amide bonds. The first-order chi connectivity index (χ1) is 5.68. The lowest BCUT2D eigenvalue weighted by atomic mass is 10.7. The van der Waals surface area contributed by atoms with Gasteiger partial charge in [0.05, 0.1) is 7.14 Å². The zero-order valence-electron chi connectivity index (χ0n) is 7.08. The van der Waals surface area contributed by atoms with Crippen LogP contribution < -0.4 is 0 Å². The highest BCUT2D eigenvalue weighted by Crippen LogP contribution is 2.45. The third kappa shape index (κ3) is 4.58. The molecule has 0 rings (SSSR count). The predicted octanol–water partition coefficient (Wildman–Crippen LogP) is 3.47. The monoisotopic (exact) mass is 204 g/mol. The second-order valence-electron chi connectivity index (χ2n) is 2.54. The lowest BCUT2D eigenvalue weighted by molar-refractivity contribution is 0.580. The van der Waals surface area contributed by atoms with Crippen LogP contribution in [-0.2, 0) is 4.57 Å². The third-order valence-electron chi connectivity index (χ3n) is 1.45. The Morgan fingerprint density at radius 3 is 2.00 bits per heavy atom. The molecule has 0 saturated carbocycles. The van der Waals surface area contributed by atoms with Crippen LogP contribution in [0.4, 0.5) is 0 Å². The summed E-state index contributed by atoms with van der Waals surface area (Å²) in [5.74, 6) is 0. The van der Waals surface area contributed by atoms with Gasteiger partial charge in [-0.1, -0.05) is 29.8 Å². The van der Waals surface area contributed by atoms with E-state index in [4.69, 9.17) is 11.6 Å². The molecule has 0 saturated heterocycles. The zero-order valence-corrected chi connectivity index (χ0v) is 8.73. The Kier molecular flexibility index (Phi) is 6.14. The van der Waals surface area contributed by atoms with Crippen molar-refractivity contribution in [2.24, 2.45) is 0 Å². The van der Waals surface area contributed by atoms with Gasteiger partial charge in [0.15, 0.2) is 0 Å². The maximum Gasteiger partial charge on any atom is 0.0984 e. The van der Waals surface area contributed by atoms with Crippen LogP contribution in [-0.4, -0.2) is 18.5 Å². The molecule has 0 atom stereocenters. The Bertz CT molecular complexity index is 207. The molecule has 0 radical (unpaired) electrons. The van der Waals surface area contributed by atoms with E-state index in [2.05, 4.69) is 13.2 Å². The SMILES string of the molecule is C=CCP(=O)(CC=C)CC=CCl. The molecule has 0 aliphatic heterocycles. The van der Waals surface area contributed by atoms with Crippen molar-refractivity contribution >= 4 is 18.7 Å². The maximum atomic E-state index is 11.9. The van der Waals surface area contributed by atoms with Crippen molar-refractivity contribution in [3.05, 3.63) is 36.9 Å². The fourth-order valence-electron chi connectivity index (χ4n) is 0.926. The molecule has 12 heavy (non-hydrogen) atoms. The molecule has 0 aromatic carbocycles. The van der Waals surface area contributed by atoms with Crippen LogP contribution in [0.3, 0.4) is 0 Å². The smallest absolute Gasteiger partial charge is 0.0984 e. The van der Waals surface area contributed by atoms with Crippen LogP contribution in [0.2, 0.25) is 0 Å². The number of hydrogen-bond acceptors (Lipinski definition) is 1. The fraction of sp³-hybridized carbons (Fsp3) is 0.333. The Morgan fingerprint density at radius 2 is 1.67 bits per heavy atom. The molecule has 0 aromatic rings. The molecule has 0 unspecified atom stereocenters. The van der Waals surface area contributed by atoms with Crippen molar-refractivity contribution in [2.75, 3.05) is 18.5 Å². The van der Waals surface area contributed by atoms with Gasteiger partial charge in [0.25, 0.3) is 0 Å². The molecule has 0 aromatic heterocycles. The van der Waals surface area contributed by atoms with Gasteiger partial charge >= 0.3 is 0 Å². The van der Waals surface area contributed by atoms with Crippen LogP contribution in [0.5, 0.6) is 0 Å². The summed E-state index contributed by atoms with van der Waals surface area (Å²) in [7, 11) is -2.14. The van der Waals surface area contributed by atoms with Crippen molar-refractivity contribution in [3.63, 3.8) is 0 Å². The summed E-state index contributed by atoms with van der Waals surface area (Å²) in [5.41, 5.74) is 1.40. The molecule has 0 heterocycles. The summed E-state index contributed by atoms with van der Waals surface area (Å²) in [5, 5.41) is 0. The van der Waals surface area contributed by atoms with E-state index in [9.17, 15) is 4.57 Å². The van der Waals surface area contributed by atoms with Gasteiger partial charge in [-0.2, -0.15) is 0 Å². The second kappa shape index (κ2) is 6.28. The zero-order chi connectivity index (χ0) is 9.45. The van der Waals surface area contributed by atoms with E-state index in [-0.39, 0.29) is 0 Å². The van der Waals surface area contributed by atoms with Crippen molar-refractivity contribution in [1.82, 2.24) is 0 Å². The standard InChI is InChI=1S/C9H14ClOP/c1-3-7-12(11,8-4-2)9-5-6-10/h3-6H,1-2,7-9H2. The molecule has 0 N–H and O–H groups in total.